The largest absolute Gasteiger partial charge is 0.353 e. The molecule has 0 unspecified atom stereocenters. The minimum absolute atomic E-state index is 0. The predicted octanol–water partition coefficient (Wildman–Crippen LogP) is 5.05. The fourth-order valence-electron chi connectivity index (χ4n) is 2.23. The quantitative estimate of drug-likeness (QED) is 0.524. The van der Waals surface area contributed by atoms with Crippen LogP contribution in [0.25, 0.3) is 12.2 Å². The number of allylic oxidation sites excluding steroid dienone is 2. The Morgan fingerprint density at radius 2 is 1.44 bits per heavy atom. The third-order valence-electron chi connectivity index (χ3n) is 3.60. The summed E-state index contributed by atoms with van der Waals surface area (Å²) in [6.45, 7) is 1.59. The number of rotatable bonds is 5. The molecule has 0 saturated carbocycles. The van der Waals surface area contributed by atoms with Gasteiger partial charge in [0, 0.05) is 16.6 Å². The molecule has 0 aliphatic carbocycles. The number of nitrogens with one attached hydrogen (secondary N) is 2. The zero-order chi connectivity index (χ0) is 18.2. The summed E-state index contributed by atoms with van der Waals surface area (Å²) in [5.74, 6) is 0.683. The standard InChI is InChI=1S/C20H18Cl2N4.ClH/c21-17-7-1-15(2-8-17)5-11-19(25-26-20-23-13-14-24-20)12-6-16-3-9-18(22)10-4-16;/h1-12H,13-14H2,(H2,23,24,26);1H/b11-5+,12-6+;. The van der Waals surface area contributed by atoms with Gasteiger partial charge in [-0.15, -0.1) is 12.4 Å². The molecule has 1 aliphatic rings. The van der Waals surface area contributed by atoms with Gasteiger partial charge in [-0.1, -0.05) is 59.6 Å². The molecule has 0 aromatic heterocycles. The molecule has 0 spiro atoms. The zero-order valence-corrected chi connectivity index (χ0v) is 16.7. The third kappa shape index (κ3) is 7.10. The van der Waals surface area contributed by atoms with Crippen molar-refractivity contribution in [2.45, 2.75) is 0 Å². The van der Waals surface area contributed by atoms with Gasteiger partial charge in [-0.3, -0.25) is 0 Å². The number of guanidine groups is 1. The topological polar surface area (TPSA) is 48.8 Å². The Morgan fingerprint density at radius 3 is 1.89 bits per heavy atom. The van der Waals surface area contributed by atoms with Crippen molar-refractivity contribution < 1.29 is 0 Å². The van der Waals surface area contributed by atoms with Crippen molar-refractivity contribution in [3.63, 3.8) is 0 Å². The molecule has 0 atom stereocenters. The second-order valence-corrected chi connectivity index (χ2v) is 6.45. The van der Waals surface area contributed by atoms with Gasteiger partial charge in [-0.2, -0.15) is 5.10 Å². The Morgan fingerprint density at radius 1 is 0.926 bits per heavy atom. The molecule has 0 fully saturated rings. The van der Waals surface area contributed by atoms with Gasteiger partial charge in [-0.05, 0) is 47.5 Å². The van der Waals surface area contributed by atoms with Gasteiger partial charge < -0.3 is 5.32 Å². The van der Waals surface area contributed by atoms with Crippen LogP contribution in [0.15, 0.2) is 70.8 Å². The van der Waals surface area contributed by atoms with Gasteiger partial charge in [-0.25, -0.2) is 10.4 Å². The van der Waals surface area contributed by atoms with E-state index >= 15 is 0 Å². The Bertz CT molecular complexity index is 796. The van der Waals surface area contributed by atoms with Gasteiger partial charge in [0.05, 0.1) is 12.3 Å². The van der Waals surface area contributed by atoms with Crippen LogP contribution in [0, 0.1) is 0 Å². The van der Waals surface area contributed by atoms with Crippen LogP contribution in [-0.4, -0.2) is 24.8 Å². The normalized spacial score (nSPS) is 13.2. The van der Waals surface area contributed by atoms with Crippen LogP contribution in [0.3, 0.4) is 0 Å². The van der Waals surface area contributed by atoms with E-state index in [2.05, 4.69) is 20.8 Å². The number of halogens is 3. The molecule has 3 rings (SSSR count). The Labute approximate surface area is 175 Å². The molecule has 2 aromatic carbocycles. The monoisotopic (exact) mass is 420 g/mol. The summed E-state index contributed by atoms with van der Waals surface area (Å²) in [5, 5.41) is 8.97. The van der Waals surface area contributed by atoms with Crippen LogP contribution in [0.5, 0.6) is 0 Å². The summed E-state index contributed by atoms with van der Waals surface area (Å²) in [6.07, 6.45) is 7.82. The molecular weight excluding hydrogens is 403 g/mol. The van der Waals surface area contributed by atoms with Crippen molar-refractivity contribution in [1.29, 1.82) is 0 Å². The molecule has 7 heteroatoms. The maximum absolute atomic E-state index is 5.93. The lowest BCUT2D eigenvalue weighted by Crippen LogP contribution is -2.30. The molecule has 4 nitrogen and oxygen atoms in total. The van der Waals surface area contributed by atoms with Crippen molar-refractivity contribution in [2.24, 2.45) is 10.1 Å². The third-order valence-corrected chi connectivity index (χ3v) is 4.10. The highest BCUT2D eigenvalue weighted by Gasteiger charge is 2.02. The molecule has 0 amide bonds. The van der Waals surface area contributed by atoms with Crippen LogP contribution >= 0.6 is 35.6 Å². The van der Waals surface area contributed by atoms with Crippen molar-refractivity contribution in [3.05, 3.63) is 81.9 Å². The highest BCUT2D eigenvalue weighted by molar-refractivity contribution is 6.30. The first-order chi connectivity index (χ1) is 12.7. The lowest BCUT2D eigenvalue weighted by atomic mass is 10.1. The van der Waals surface area contributed by atoms with Crippen molar-refractivity contribution in [1.82, 2.24) is 10.7 Å². The van der Waals surface area contributed by atoms with E-state index in [-0.39, 0.29) is 12.4 Å². The van der Waals surface area contributed by atoms with E-state index in [0.29, 0.717) is 16.0 Å². The number of nitrogens with zero attached hydrogens (tertiary/aromatic N) is 2. The highest BCUT2D eigenvalue weighted by atomic mass is 35.5. The van der Waals surface area contributed by atoms with Crippen LogP contribution < -0.4 is 10.7 Å². The molecule has 27 heavy (non-hydrogen) atoms. The van der Waals surface area contributed by atoms with Crippen LogP contribution in [-0.2, 0) is 0 Å². The fraction of sp³-hybridized carbons (Fsp3) is 0.100. The summed E-state index contributed by atoms with van der Waals surface area (Å²) < 4.78 is 0. The van der Waals surface area contributed by atoms with Crippen LogP contribution in [0.4, 0.5) is 0 Å². The van der Waals surface area contributed by atoms with Crippen molar-refractivity contribution >= 4 is 59.4 Å². The van der Waals surface area contributed by atoms with E-state index in [1.165, 1.54) is 0 Å². The molecule has 1 aliphatic heterocycles. The molecule has 140 valence electrons. The molecule has 1 heterocycles. The minimum atomic E-state index is 0. The average molecular weight is 422 g/mol. The summed E-state index contributed by atoms with van der Waals surface area (Å²) in [6, 6.07) is 15.2. The molecular formula is C20H19Cl3N4. The van der Waals surface area contributed by atoms with E-state index in [9.17, 15) is 0 Å². The van der Waals surface area contributed by atoms with Gasteiger partial charge >= 0.3 is 0 Å². The number of aliphatic imine (C=N–C) groups is 1. The molecule has 2 aromatic rings. The second-order valence-electron chi connectivity index (χ2n) is 5.58. The van der Waals surface area contributed by atoms with E-state index < -0.39 is 0 Å². The summed E-state index contributed by atoms with van der Waals surface area (Å²) in [7, 11) is 0. The lowest BCUT2D eigenvalue weighted by molar-refractivity contribution is 0.918. The molecule has 0 bridgehead atoms. The summed E-state index contributed by atoms with van der Waals surface area (Å²) >= 11 is 11.9. The van der Waals surface area contributed by atoms with E-state index in [4.69, 9.17) is 23.2 Å². The maximum Gasteiger partial charge on any atom is 0.212 e. The SMILES string of the molecule is Cl.Clc1ccc(/C=C/C(/C=C/c2ccc(Cl)cc2)=NNC2=NCCN2)cc1. The number of hydrogen-bond acceptors (Lipinski definition) is 4. The Hall–Kier alpha value is -2.27. The maximum atomic E-state index is 5.93. The van der Waals surface area contributed by atoms with Crippen LogP contribution in [0.1, 0.15) is 11.1 Å². The summed E-state index contributed by atoms with van der Waals surface area (Å²) in [5.41, 5.74) is 5.79. The fourth-order valence-corrected chi connectivity index (χ4v) is 2.48. The van der Waals surface area contributed by atoms with E-state index in [1.807, 2.05) is 72.8 Å². The highest BCUT2D eigenvalue weighted by Crippen LogP contribution is 2.12. The first-order valence-corrected chi connectivity index (χ1v) is 8.94. The number of benzene rings is 2. The van der Waals surface area contributed by atoms with Crippen molar-refractivity contribution in [3.8, 4) is 0 Å². The Kier molecular flexibility index (Phi) is 8.40. The zero-order valence-electron chi connectivity index (χ0n) is 14.4. The van der Waals surface area contributed by atoms with E-state index in [0.717, 1.165) is 29.9 Å². The van der Waals surface area contributed by atoms with Crippen molar-refractivity contribution in [2.75, 3.05) is 13.1 Å². The van der Waals surface area contributed by atoms with Gasteiger partial charge in [0.25, 0.3) is 0 Å². The second kappa shape index (κ2) is 10.8. The molecule has 2 N–H and O–H groups in total. The number of hydrazone groups is 1. The van der Waals surface area contributed by atoms with Gasteiger partial charge in [0.2, 0.25) is 5.96 Å². The Balaban J connectivity index is 0.00000261. The van der Waals surface area contributed by atoms with Gasteiger partial charge in [0.15, 0.2) is 0 Å². The van der Waals surface area contributed by atoms with Gasteiger partial charge in [0.1, 0.15) is 0 Å². The minimum Gasteiger partial charge on any atom is -0.353 e. The molecule has 0 radical (unpaired) electrons. The van der Waals surface area contributed by atoms with E-state index in [1.54, 1.807) is 0 Å². The first-order valence-electron chi connectivity index (χ1n) is 8.18. The number of hydrogen-bond donors (Lipinski definition) is 2. The summed E-state index contributed by atoms with van der Waals surface area (Å²) in [4.78, 5) is 4.27. The lowest BCUT2D eigenvalue weighted by Gasteiger charge is -2.02. The predicted molar refractivity (Wildman–Crippen MR) is 119 cm³/mol. The first kappa shape index (κ1) is 21.0. The smallest absolute Gasteiger partial charge is 0.212 e. The average Bonchev–Trinajstić information content (AvgIpc) is 3.17. The molecule has 0 saturated heterocycles. The van der Waals surface area contributed by atoms with Crippen LogP contribution in [0.2, 0.25) is 10.0 Å².